The monoisotopic (exact) mass is 1150 g/mol. The van der Waals surface area contributed by atoms with Crippen LogP contribution >= 0.6 is 15.9 Å². The number of nitro groups is 3. The van der Waals surface area contributed by atoms with Gasteiger partial charge in [0.1, 0.15) is 19.2 Å². The highest BCUT2D eigenvalue weighted by atomic mass is 79.9. The lowest BCUT2D eigenvalue weighted by Crippen LogP contribution is -2.47. The van der Waals surface area contributed by atoms with E-state index in [4.69, 9.17) is 11.0 Å². The van der Waals surface area contributed by atoms with Gasteiger partial charge in [0.2, 0.25) is 0 Å². The Hall–Kier alpha value is -6.47. The summed E-state index contributed by atoms with van der Waals surface area (Å²) in [6, 6.07) is 16.1. The van der Waals surface area contributed by atoms with E-state index < -0.39 is 43.7 Å². The largest absolute Gasteiger partial charge is 0.399 e. The number of hydrogen-bond donors (Lipinski definition) is 3. The van der Waals surface area contributed by atoms with Crippen LogP contribution in [0, 0.1) is 70.8 Å². The summed E-state index contributed by atoms with van der Waals surface area (Å²) < 4.78 is 101. The van der Waals surface area contributed by atoms with Crippen LogP contribution in [0.2, 0.25) is 0 Å². The molecule has 4 heterocycles. The molecule has 0 atom stereocenters. The maximum atomic E-state index is 13.8. The standard InChI is InChI=1S/C12H15F2N3O2.C12H17F2N3.C10H12FN3O2.C6H3F2NO2.C5H11N.C2H4BrF.C2H3N/c13-3-4-15-5-7-16(8-6-15)12-2-1-10(17(18)19)9-11(12)14;13-3-4-16-5-7-17(8-6-16)12-2-1-10(15)9-11(12)14;11-9-7-8(14(15)16)1-2-10(9)13-5-3-12-4-6-13;7-5-2-1-4(9(10)11)3-6(5)8;1-2-4-6-5-3-1;3-1-2-4;1-2-3/h1-2,9H,3-8H2;1-2,9H,3-8,15H2;1-2,7,12H,3-6H2;1-3H;6H,1-5H2;1-2H2;1H3. The first-order valence-electron chi connectivity index (χ1n) is 24.1. The van der Waals surface area contributed by atoms with Gasteiger partial charge in [-0.3, -0.25) is 44.5 Å². The van der Waals surface area contributed by atoms with Crippen LogP contribution < -0.4 is 31.1 Å². The SMILES string of the molecule is C1CCNCC1.CC#N.FCCBr.Nc1ccc(N2CCN(CCF)CC2)c(F)c1.O=[N+]([O-])c1ccc(F)c(F)c1.O=[N+]([O-])c1ccc(N2CCN(CCF)CC2)c(F)c1.O=[N+]([O-])c1ccc(N2CCNCC2)c(F)c1. The fourth-order valence-corrected chi connectivity index (χ4v) is 7.48. The Morgan fingerprint density at radius 1 is 0.526 bits per heavy atom. The van der Waals surface area contributed by atoms with Gasteiger partial charge in [-0.1, -0.05) is 22.4 Å². The number of nitrogen functional groups attached to an aromatic ring is 1. The number of benzene rings is 4. The number of halogens is 9. The molecular weight excluding hydrogens is 1080 g/mol. The van der Waals surface area contributed by atoms with Crippen molar-refractivity contribution in [2.75, 3.05) is 151 Å². The van der Waals surface area contributed by atoms with Gasteiger partial charge in [0.25, 0.3) is 17.1 Å². The Morgan fingerprint density at radius 3 is 1.17 bits per heavy atom. The molecule has 8 rings (SSSR count). The first kappa shape index (κ1) is 65.6. The molecule has 420 valence electrons. The van der Waals surface area contributed by atoms with Crippen molar-refractivity contribution in [3.05, 3.63) is 132 Å². The van der Waals surface area contributed by atoms with Crippen molar-refractivity contribution in [3.63, 3.8) is 0 Å². The van der Waals surface area contributed by atoms with Gasteiger partial charge in [0.15, 0.2) is 23.3 Å². The van der Waals surface area contributed by atoms with Crippen molar-refractivity contribution < 1.29 is 49.9 Å². The molecule has 76 heavy (non-hydrogen) atoms. The number of piperazine rings is 3. The van der Waals surface area contributed by atoms with Crippen LogP contribution in [-0.2, 0) is 0 Å². The molecular formula is C49H65BrF8N12O6. The Bertz CT molecular complexity index is 2380. The zero-order valence-electron chi connectivity index (χ0n) is 42.1. The minimum absolute atomic E-state index is 0.212. The van der Waals surface area contributed by atoms with Crippen molar-refractivity contribution in [3.8, 4) is 6.07 Å². The number of hydrogen-bond acceptors (Lipinski definition) is 15. The number of piperidine rings is 1. The van der Waals surface area contributed by atoms with Crippen molar-refractivity contribution >= 4 is 55.7 Å². The molecule has 0 spiro atoms. The van der Waals surface area contributed by atoms with Crippen LogP contribution in [0.4, 0.5) is 74.9 Å². The van der Waals surface area contributed by atoms with Crippen molar-refractivity contribution in [1.82, 2.24) is 20.4 Å². The second kappa shape index (κ2) is 37.3. The fourth-order valence-electron chi connectivity index (χ4n) is 7.48. The van der Waals surface area contributed by atoms with Gasteiger partial charge in [-0.15, -0.1) is 0 Å². The molecule has 4 N–H and O–H groups in total. The van der Waals surface area contributed by atoms with E-state index in [0.717, 1.165) is 57.5 Å². The quantitative estimate of drug-likeness (QED) is 0.0420. The highest BCUT2D eigenvalue weighted by molar-refractivity contribution is 9.09. The molecule has 4 aromatic carbocycles. The van der Waals surface area contributed by atoms with Crippen LogP contribution in [0.15, 0.2) is 72.8 Å². The summed E-state index contributed by atoms with van der Waals surface area (Å²) in [6.45, 7) is 12.4. The predicted molar refractivity (Wildman–Crippen MR) is 282 cm³/mol. The third-order valence-electron chi connectivity index (χ3n) is 11.3. The van der Waals surface area contributed by atoms with Gasteiger partial charge < -0.3 is 31.1 Å². The molecule has 4 aliphatic rings. The molecule has 0 amide bonds. The predicted octanol–water partition coefficient (Wildman–Crippen LogP) is 8.98. The third kappa shape index (κ3) is 24.5. The summed E-state index contributed by atoms with van der Waals surface area (Å²) >= 11 is 2.87. The number of alkyl halides is 4. The molecule has 4 aromatic rings. The molecule has 18 nitrogen and oxygen atoms in total. The molecule has 0 aromatic heterocycles. The molecule has 0 bridgehead atoms. The van der Waals surface area contributed by atoms with Crippen molar-refractivity contribution in [2.45, 2.75) is 26.2 Å². The molecule has 27 heteroatoms. The minimum atomic E-state index is -1.21. The Balaban J connectivity index is 0.000000324. The molecule has 0 radical (unpaired) electrons. The number of nitrogens with zero attached hydrogens (tertiary/aromatic N) is 9. The first-order valence-corrected chi connectivity index (χ1v) is 25.2. The van der Waals surface area contributed by atoms with Gasteiger partial charge in [-0.2, -0.15) is 5.26 Å². The van der Waals surface area contributed by atoms with Gasteiger partial charge in [-0.25, -0.2) is 30.7 Å². The van der Waals surface area contributed by atoms with E-state index in [-0.39, 0.29) is 37.2 Å². The second-order valence-corrected chi connectivity index (χ2v) is 17.3. The number of nitro benzene ring substituents is 3. The summed E-state index contributed by atoms with van der Waals surface area (Å²) in [5.41, 5.74) is 6.41. The molecule has 4 aliphatic heterocycles. The number of non-ortho nitro benzene ring substituents is 3. The number of nitriles is 1. The summed E-state index contributed by atoms with van der Waals surface area (Å²) in [6.07, 6.45) is 4.22. The molecule has 0 saturated carbocycles. The summed E-state index contributed by atoms with van der Waals surface area (Å²) in [7, 11) is 0. The van der Waals surface area contributed by atoms with E-state index in [2.05, 4.69) is 26.6 Å². The van der Waals surface area contributed by atoms with Crippen LogP contribution in [0.25, 0.3) is 0 Å². The average Bonchev–Trinajstić information content (AvgIpc) is 3.42. The smallest absolute Gasteiger partial charge is 0.272 e. The maximum Gasteiger partial charge on any atom is 0.272 e. The van der Waals surface area contributed by atoms with E-state index in [1.807, 2.05) is 24.5 Å². The van der Waals surface area contributed by atoms with Gasteiger partial charge in [-0.05, 0) is 62.3 Å². The number of rotatable bonds is 11. The number of nitrogens with two attached hydrogens (primary N) is 1. The lowest BCUT2D eigenvalue weighted by atomic mass is 10.2. The van der Waals surface area contributed by atoms with Gasteiger partial charge in [0, 0.05) is 128 Å². The van der Waals surface area contributed by atoms with Gasteiger partial charge >= 0.3 is 0 Å². The summed E-state index contributed by atoms with van der Waals surface area (Å²) in [5.74, 6) is -3.71. The van der Waals surface area contributed by atoms with Crippen LogP contribution in [-0.4, -0.2) is 155 Å². The normalized spacial score (nSPS) is 15.2. The fraction of sp³-hybridized carbons (Fsp3) is 0.490. The Kier molecular flexibility index (Phi) is 32.2. The zero-order valence-corrected chi connectivity index (χ0v) is 43.7. The minimum Gasteiger partial charge on any atom is -0.399 e. The zero-order chi connectivity index (χ0) is 56.4. The second-order valence-electron chi connectivity index (χ2n) is 16.5. The van der Waals surface area contributed by atoms with E-state index in [1.165, 1.54) is 69.6 Å². The van der Waals surface area contributed by atoms with Crippen LogP contribution in [0.5, 0.6) is 0 Å². The van der Waals surface area contributed by atoms with E-state index in [0.29, 0.717) is 92.6 Å². The van der Waals surface area contributed by atoms with Crippen molar-refractivity contribution in [2.24, 2.45) is 0 Å². The van der Waals surface area contributed by atoms with E-state index in [9.17, 15) is 65.5 Å². The first-order chi connectivity index (χ1) is 36.4. The molecule has 0 unspecified atom stereocenters. The lowest BCUT2D eigenvalue weighted by molar-refractivity contribution is -0.385. The number of nitrogens with one attached hydrogen (secondary N) is 2. The van der Waals surface area contributed by atoms with E-state index >= 15 is 0 Å². The van der Waals surface area contributed by atoms with Crippen LogP contribution in [0.3, 0.4) is 0 Å². The Morgan fingerprint density at radius 2 is 0.868 bits per heavy atom. The third-order valence-corrected chi connectivity index (χ3v) is 11.6. The highest BCUT2D eigenvalue weighted by Crippen LogP contribution is 2.27. The highest BCUT2D eigenvalue weighted by Gasteiger charge is 2.22. The van der Waals surface area contributed by atoms with Gasteiger partial charge in [0.05, 0.1) is 62.8 Å². The summed E-state index contributed by atoms with van der Waals surface area (Å²) in [4.78, 5) is 38.7. The maximum absolute atomic E-state index is 13.8. The average molecular weight is 1150 g/mol. The van der Waals surface area contributed by atoms with Crippen molar-refractivity contribution in [1.29, 1.82) is 5.26 Å². The number of anilines is 4. The Labute approximate surface area is 445 Å². The lowest BCUT2D eigenvalue weighted by Gasteiger charge is -2.35. The molecule has 0 aliphatic carbocycles. The topological polar surface area (TPSA) is 219 Å². The molecule has 4 saturated heterocycles. The summed E-state index contributed by atoms with van der Waals surface area (Å²) in [5, 5.41) is 45.2. The van der Waals surface area contributed by atoms with E-state index in [1.54, 1.807) is 18.2 Å². The van der Waals surface area contributed by atoms with Crippen LogP contribution in [0.1, 0.15) is 26.2 Å². The molecule has 4 fully saturated rings.